The van der Waals surface area contributed by atoms with Crippen molar-refractivity contribution in [2.75, 3.05) is 0 Å². The highest BCUT2D eigenvalue weighted by Gasteiger charge is 2.13. The van der Waals surface area contributed by atoms with Crippen molar-refractivity contribution in [3.8, 4) is 11.6 Å². The third kappa shape index (κ3) is 1.89. The molecule has 2 heterocycles. The van der Waals surface area contributed by atoms with Gasteiger partial charge in [0.1, 0.15) is 11.1 Å². The minimum atomic E-state index is -1.31. The summed E-state index contributed by atoms with van der Waals surface area (Å²) in [6.07, 6.45) is 1.02. The van der Waals surface area contributed by atoms with Crippen LogP contribution in [0.25, 0.3) is 22.6 Å². The molecule has 0 bridgehead atoms. The molecular weight excluding hydrogens is 248 g/mol. The Kier molecular flexibility index (Phi) is 2.42. The lowest BCUT2D eigenvalue weighted by Gasteiger charge is -1.96. The second kappa shape index (κ2) is 4.09. The number of aromatic amines is 1. The number of nitrogens with one attached hydrogen (secondary N) is 1. The zero-order valence-corrected chi connectivity index (χ0v) is 9.58. The van der Waals surface area contributed by atoms with E-state index in [2.05, 4.69) is 9.97 Å². The number of benzene rings is 1. The van der Waals surface area contributed by atoms with Crippen LogP contribution in [0.3, 0.4) is 0 Å². The van der Waals surface area contributed by atoms with Crippen LogP contribution >= 0.6 is 0 Å². The van der Waals surface area contributed by atoms with E-state index in [1.54, 1.807) is 12.1 Å². The Morgan fingerprint density at radius 3 is 2.79 bits per heavy atom. The van der Waals surface area contributed by atoms with E-state index in [0.29, 0.717) is 11.3 Å². The molecule has 0 aliphatic rings. The number of hydrogen-bond acceptors (Lipinski definition) is 4. The second-order valence-electron chi connectivity index (χ2n) is 3.93. The van der Waals surface area contributed by atoms with Crippen molar-refractivity contribution in [1.82, 2.24) is 9.97 Å². The van der Waals surface area contributed by atoms with Gasteiger partial charge in [0.05, 0.1) is 0 Å². The van der Waals surface area contributed by atoms with Gasteiger partial charge in [0.15, 0.2) is 11.6 Å². The van der Waals surface area contributed by atoms with E-state index in [0.717, 1.165) is 11.6 Å². The maximum Gasteiger partial charge on any atom is 0.342 e. The average Bonchev–Trinajstić information content (AvgIpc) is 2.81. The van der Waals surface area contributed by atoms with Crippen LogP contribution in [-0.4, -0.2) is 21.0 Å². The summed E-state index contributed by atoms with van der Waals surface area (Å²) in [4.78, 5) is 28.6. The fourth-order valence-electron chi connectivity index (χ4n) is 1.77. The topological polar surface area (TPSA) is 96.2 Å². The maximum absolute atomic E-state index is 11.6. The molecule has 3 aromatic rings. The SMILES string of the molecule is O=C(O)c1cnc(-c2cc3ccccc3o2)[nH]c1=O. The summed E-state index contributed by atoms with van der Waals surface area (Å²) < 4.78 is 5.53. The molecule has 0 aliphatic carbocycles. The molecule has 94 valence electrons. The van der Waals surface area contributed by atoms with Crippen molar-refractivity contribution in [1.29, 1.82) is 0 Å². The molecule has 6 heteroatoms. The van der Waals surface area contributed by atoms with Gasteiger partial charge in [-0.15, -0.1) is 0 Å². The van der Waals surface area contributed by atoms with Crippen LogP contribution in [0.15, 0.2) is 45.7 Å². The standard InChI is InChI=1S/C13H8N2O4/c16-12-8(13(17)18)6-14-11(15-12)10-5-7-3-1-2-4-9(7)19-10/h1-6H,(H,17,18)(H,14,15,16). The largest absolute Gasteiger partial charge is 0.477 e. The van der Waals surface area contributed by atoms with Gasteiger partial charge < -0.3 is 14.5 Å². The highest BCUT2D eigenvalue weighted by atomic mass is 16.4. The minimum absolute atomic E-state index is 0.200. The van der Waals surface area contributed by atoms with Crippen molar-refractivity contribution >= 4 is 16.9 Å². The summed E-state index contributed by atoms with van der Waals surface area (Å²) in [5, 5.41) is 9.64. The Hall–Kier alpha value is -2.89. The van der Waals surface area contributed by atoms with Crippen molar-refractivity contribution in [3.05, 3.63) is 52.4 Å². The van der Waals surface area contributed by atoms with Gasteiger partial charge in [0.2, 0.25) is 0 Å². The molecule has 0 unspecified atom stereocenters. The third-order valence-corrected chi connectivity index (χ3v) is 2.69. The number of carboxylic acid groups (broad SMARTS) is 1. The molecule has 0 spiro atoms. The number of rotatable bonds is 2. The second-order valence-corrected chi connectivity index (χ2v) is 3.93. The zero-order valence-electron chi connectivity index (χ0n) is 9.58. The Morgan fingerprint density at radius 2 is 2.11 bits per heavy atom. The molecule has 2 aromatic heterocycles. The van der Waals surface area contributed by atoms with Crippen LogP contribution in [0.2, 0.25) is 0 Å². The quantitative estimate of drug-likeness (QED) is 0.729. The fourth-order valence-corrected chi connectivity index (χ4v) is 1.77. The minimum Gasteiger partial charge on any atom is -0.477 e. The summed E-state index contributed by atoms with van der Waals surface area (Å²) in [7, 11) is 0. The molecule has 0 saturated heterocycles. The van der Waals surface area contributed by atoms with E-state index >= 15 is 0 Å². The highest BCUT2D eigenvalue weighted by molar-refractivity contribution is 5.87. The molecule has 0 saturated carbocycles. The molecule has 3 rings (SSSR count). The summed E-state index contributed by atoms with van der Waals surface area (Å²) in [6, 6.07) is 9.09. The molecule has 0 atom stereocenters. The first-order valence-electron chi connectivity index (χ1n) is 5.47. The van der Waals surface area contributed by atoms with Crippen molar-refractivity contribution in [2.45, 2.75) is 0 Å². The smallest absolute Gasteiger partial charge is 0.342 e. The number of aromatic nitrogens is 2. The van der Waals surface area contributed by atoms with Gasteiger partial charge in [0.25, 0.3) is 5.56 Å². The number of H-pyrrole nitrogens is 1. The molecule has 2 N–H and O–H groups in total. The number of nitrogens with zero attached hydrogens (tertiary/aromatic N) is 1. The Balaban J connectivity index is 2.14. The third-order valence-electron chi connectivity index (χ3n) is 2.69. The predicted molar refractivity (Wildman–Crippen MR) is 67.0 cm³/mol. The monoisotopic (exact) mass is 256 g/mol. The van der Waals surface area contributed by atoms with Crippen LogP contribution in [0.1, 0.15) is 10.4 Å². The maximum atomic E-state index is 11.6. The Labute approximate surface area is 106 Å². The molecule has 0 radical (unpaired) electrons. The van der Waals surface area contributed by atoms with E-state index in [1.165, 1.54) is 0 Å². The van der Waals surface area contributed by atoms with E-state index in [1.807, 2.05) is 18.2 Å². The van der Waals surface area contributed by atoms with Gasteiger partial charge in [-0.2, -0.15) is 0 Å². The van der Waals surface area contributed by atoms with Gasteiger partial charge in [-0.3, -0.25) is 4.79 Å². The van der Waals surface area contributed by atoms with Gasteiger partial charge in [-0.1, -0.05) is 18.2 Å². The van der Waals surface area contributed by atoms with Crippen LogP contribution < -0.4 is 5.56 Å². The van der Waals surface area contributed by atoms with Crippen molar-refractivity contribution < 1.29 is 14.3 Å². The number of carbonyl (C=O) groups is 1. The molecule has 0 amide bonds. The number of para-hydroxylation sites is 1. The number of fused-ring (bicyclic) bond motifs is 1. The lowest BCUT2D eigenvalue weighted by atomic mass is 10.2. The molecular formula is C13H8N2O4. The first-order valence-corrected chi connectivity index (χ1v) is 5.47. The lowest BCUT2D eigenvalue weighted by molar-refractivity contribution is 0.0694. The van der Waals surface area contributed by atoms with Crippen molar-refractivity contribution in [3.63, 3.8) is 0 Å². The molecule has 1 aromatic carbocycles. The van der Waals surface area contributed by atoms with Crippen LogP contribution in [-0.2, 0) is 0 Å². The van der Waals surface area contributed by atoms with Gasteiger partial charge >= 0.3 is 5.97 Å². The number of carboxylic acids is 1. The highest BCUT2D eigenvalue weighted by Crippen LogP contribution is 2.24. The summed E-state index contributed by atoms with van der Waals surface area (Å²) in [6.45, 7) is 0. The van der Waals surface area contributed by atoms with E-state index in [9.17, 15) is 9.59 Å². The lowest BCUT2D eigenvalue weighted by Crippen LogP contribution is -2.18. The number of furan rings is 1. The van der Waals surface area contributed by atoms with E-state index in [-0.39, 0.29) is 5.82 Å². The molecule has 0 fully saturated rings. The fraction of sp³-hybridized carbons (Fsp3) is 0. The van der Waals surface area contributed by atoms with Crippen LogP contribution in [0.4, 0.5) is 0 Å². The van der Waals surface area contributed by atoms with Gasteiger partial charge in [-0.25, -0.2) is 9.78 Å². The van der Waals surface area contributed by atoms with E-state index < -0.39 is 17.1 Å². The molecule has 0 aliphatic heterocycles. The average molecular weight is 256 g/mol. The molecule has 6 nitrogen and oxygen atoms in total. The summed E-state index contributed by atoms with van der Waals surface area (Å²) >= 11 is 0. The normalized spacial score (nSPS) is 10.7. The van der Waals surface area contributed by atoms with Crippen LogP contribution in [0.5, 0.6) is 0 Å². The number of aromatic carboxylic acids is 1. The predicted octanol–water partition coefficient (Wildman–Crippen LogP) is 1.88. The Bertz CT molecular complexity index is 799. The summed E-state index contributed by atoms with van der Waals surface area (Å²) in [5.74, 6) is -0.730. The van der Waals surface area contributed by atoms with E-state index in [4.69, 9.17) is 9.52 Å². The first kappa shape index (κ1) is 11.2. The summed E-state index contributed by atoms with van der Waals surface area (Å²) in [5.41, 5.74) is -0.444. The molecule has 19 heavy (non-hydrogen) atoms. The Morgan fingerprint density at radius 1 is 1.32 bits per heavy atom. The van der Waals surface area contributed by atoms with Gasteiger partial charge in [0, 0.05) is 11.6 Å². The van der Waals surface area contributed by atoms with Crippen molar-refractivity contribution in [2.24, 2.45) is 0 Å². The zero-order chi connectivity index (χ0) is 13.4. The van der Waals surface area contributed by atoms with Crippen LogP contribution in [0, 0.1) is 0 Å². The first-order chi connectivity index (χ1) is 9.15. The van der Waals surface area contributed by atoms with Gasteiger partial charge in [-0.05, 0) is 12.1 Å². The number of hydrogen-bond donors (Lipinski definition) is 2.